The van der Waals surface area contributed by atoms with E-state index in [0.717, 1.165) is 41.3 Å². The van der Waals surface area contributed by atoms with Gasteiger partial charge in [0, 0.05) is 35.7 Å². The van der Waals surface area contributed by atoms with Gasteiger partial charge < -0.3 is 15.7 Å². The van der Waals surface area contributed by atoms with E-state index < -0.39 is 0 Å². The first-order valence-corrected chi connectivity index (χ1v) is 8.56. The van der Waals surface area contributed by atoms with Crippen molar-refractivity contribution in [1.82, 2.24) is 4.98 Å². The Bertz CT molecular complexity index is 838. The minimum Gasteiger partial charge on any atom is -0.396 e. The van der Waals surface area contributed by atoms with Crippen LogP contribution in [0, 0.1) is 0 Å². The van der Waals surface area contributed by atoms with Crippen LogP contribution in [0.4, 0.5) is 17.2 Å². The highest BCUT2D eigenvalue weighted by molar-refractivity contribution is 6.30. The quantitative estimate of drug-likeness (QED) is 0.526. The van der Waals surface area contributed by atoms with Gasteiger partial charge in [-0.15, -0.1) is 0 Å². The second-order valence-corrected chi connectivity index (χ2v) is 6.09. The van der Waals surface area contributed by atoms with Gasteiger partial charge in [-0.3, -0.25) is 0 Å². The molecule has 3 aromatic rings. The molecule has 0 aliphatic rings. The Hall–Kier alpha value is -2.56. The Morgan fingerprint density at radius 1 is 0.920 bits per heavy atom. The van der Waals surface area contributed by atoms with Crippen molar-refractivity contribution < 1.29 is 5.11 Å². The lowest BCUT2D eigenvalue weighted by Crippen LogP contribution is -2.03. The first-order valence-electron chi connectivity index (χ1n) is 8.18. The molecule has 3 N–H and O–H groups in total. The lowest BCUT2D eigenvalue weighted by molar-refractivity contribution is 0.292. The molecule has 3 rings (SSSR count). The summed E-state index contributed by atoms with van der Waals surface area (Å²) in [5.74, 6) is 0.762. The number of nitrogens with one attached hydrogen (secondary N) is 2. The Kier molecular flexibility index (Phi) is 5.88. The van der Waals surface area contributed by atoms with Crippen LogP contribution < -0.4 is 10.6 Å². The Labute approximate surface area is 152 Å². The Balaban J connectivity index is 1.78. The van der Waals surface area contributed by atoms with E-state index in [1.54, 1.807) is 6.20 Å². The molecule has 0 bridgehead atoms. The molecule has 0 saturated carbocycles. The summed E-state index contributed by atoms with van der Waals surface area (Å²) < 4.78 is 0. The average Bonchev–Trinajstić information content (AvgIpc) is 2.63. The molecule has 0 atom stereocenters. The number of hydrogen-bond acceptors (Lipinski definition) is 4. The molecule has 0 fully saturated rings. The maximum atomic E-state index is 8.88. The van der Waals surface area contributed by atoms with E-state index in [0.29, 0.717) is 5.02 Å². The van der Waals surface area contributed by atoms with Crippen molar-refractivity contribution in [3.63, 3.8) is 0 Å². The second kappa shape index (κ2) is 8.51. The molecule has 0 aliphatic heterocycles. The van der Waals surface area contributed by atoms with Gasteiger partial charge in [-0.05, 0) is 60.0 Å². The fraction of sp³-hybridized carbons (Fsp3) is 0.150. The molecular weight excluding hydrogens is 334 g/mol. The van der Waals surface area contributed by atoms with Gasteiger partial charge in [0.05, 0.1) is 0 Å². The van der Waals surface area contributed by atoms with Crippen LogP contribution in [0.25, 0.3) is 11.1 Å². The first-order chi connectivity index (χ1) is 12.2. The minimum absolute atomic E-state index is 0.190. The monoisotopic (exact) mass is 353 g/mol. The van der Waals surface area contributed by atoms with Crippen LogP contribution in [0.5, 0.6) is 0 Å². The minimum atomic E-state index is 0.190. The fourth-order valence-electron chi connectivity index (χ4n) is 2.51. The SMILES string of the molecule is OCCCNc1cccc(-c2ccnc(Nc3cccc(Cl)c3)c2)c1. The number of aliphatic hydroxyl groups is 1. The standard InChI is InChI=1S/C20H20ClN3O/c21-17-5-2-7-19(14-17)24-20-13-16(8-10-23-20)15-4-1-6-18(12-15)22-9-3-11-25/h1-2,4-8,10,12-14,22,25H,3,9,11H2,(H,23,24). The molecule has 2 aromatic carbocycles. The number of anilines is 3. The van der Waals surface area contributed by atoms with Crippen LogP contribution in [0.3, 0.4) is 0 Å². The largest absolute Gasteiger partial charge is 0.396 e. The van der Waals surface area contributed by atoms with Gasteiger partial charge in [-0.1, -0.05) is 29.8 Å². The third kappa shape index (κ3) is 4.95. The molecule has 1 aromatic heterocycles. The highest BCUT2D eigenvalue weighted by Gasteiger charge is 2.03. The van der Waals surface area contributed by atoms with Crippen LogP contribution in [0.1, 0.15) is 6.42 Å². The highest BCUT2D eigenvalue weighted by atomic mass is 35.5. The summed E-state index contributed by atoms with van der Waals surface area (Å²) in [5, 5.41) is 16.1. The number of halogens is 1. The van der Waals surface area contributed by atoms with Gasteiger partial charge in [-0.25, -0.2) is 4.98 Å². The van der Waals surface area contributed by atoms with E-state index >= 15 is 0 Å². The molecule has 0 unspecified atom stereocenters. The summed E-state index contributed by atoms with van der Waals surface area (Å²) in [6, 6.07) is 19.7. The van der Waals surface area contributed by atoms with Crippen molar-refractivity contribution in [2.75, 3.05) is 23.8 Å². The predicted octanol–water partition coefficient (Wildman–Crippen LogP) is 4.94. The van der Waals surface area contributed by atoms with Crippen LogP contribution in [-0.2, 0) is 0 Å². The normalized spacial score (nSPS) is 10.5. The van der Waals surface area contributed by atoms with Gasteiger partial charge >= 0.3 is 0 Å². The molecule has 128 valence electrons. The summed E-state index contributed by atoms with van der Waals surface area (Å²) in [6.45, 7) is 0.938. The Morgan fingerprint density at radius 3 is 2.56 bits per heavy atom. The van der Waals surface area contributed by atoms with Crippen molar-refractivity contribution in [2.45, 2.75) is 6.42 Å². The lowest BCUT2D eigenvalue weighted by atomic mass is 10.1. The molecule has 0 saturated heterocycles. The number of aliphatic hydroxyl groups excluding tert-OH is 1. The van der Waals surface area contributed by atoms with E-state index in [-0.39, 0.29) is 6.61 Å². The third-order valence-electron chi connectivity index (χ3n) is 3.72. The van der Waals surface area contributed by atoms with Gasteiger partial charge in [0.2, 0.25) is 0 Å². The molecular formula is C20H20ClN3O. The van der Waals surface area contributed by atoms with Gasteiger partial charge in [0.25, 0.3) is 0 Å². The number of benzene rings is 2. The molecule has 5 heteroatoms. The van der Waals surface area contributed by atoms with E-state index in [9.17, 15) is 0 Å². The summed E-state index contributed by atoms with van der Waals surface area (Å²) in [5.41, 5.74) is 4.11. The van der Waals surface area contributed by atoms with Gasteiger partial charge in [-0.2, -0.15) is 0 Å². The summed E-state index contributed by atoms with van der Waals surface area (Å²) >= 11 is 6.02. The summed E-state index contributed by atoms with van der Waals surface area (Å²) in [6.07, 6.45) is 2.52. The highest BCUT2D eigenvalue weighted by Crippen LogP contribution is 2.26. The van der Waals surface area contributed by atoms with Crippen molar-refractivity contribution in [2.24, 2.45) is 0 Å². The maximum absolute atomic E-state index is 8.88. The molecule has 4 nitrogen and oxygen atoms in total. The third-order valence-corrected chi connectivity index (χ3v) is 3.95. The molecule has 1 heterocycles. The topological polar surface area (TPSA) is 57.2 Å². The van der Waals surface area contributed by atoms with E-state index in [1.165, 1.54) is 0 Å². The smallest absolute Gasteiger partial charge is 0.130 e. The number of rotatable bonds is 7. The molecule has 0 spiro atoms. The number of pyridine rings is 1. The van der Waals surface area contributed by atoms with Crippen LogP contribution >= 0.6 is 11.6 Å². The zero-order valence-corrected chi connectivity index (χ0v) is 14.5. The first kappa shape index (κ1) is 17.3. The molecule has 0 amide bonds. The van der Waals surface area contributed by atoms with Crippen molar-refractivity contribution in [1.29, 1.82) is 0 Å². The van der Waals surface area contributed by atoms with Crippen LogP contribution in [-0.4, -0.2) is 23.2 Å². The second-order valence-electron chi connectivity index (χ2n) is 5.65. The molecule has 0 radical (unpaired) electrons. The van der Waals surface area contributed by atoms with E-state index in [1.807, 2.05) is 48.5 Å². The summed E-state index contributed by atoms with van der Waals surface area (Å²) in [7, 11) is 0. The number of nitrogens with zero attached hydrogens (tertiary/aromatic N) is 1. The predicted molar refractivity (Wildman–Crippen MR) is 105 cm³/mol. The zero-order chi connectivity index (χ0) is 17.5. The number of hydrogen-bond donors (Lipinski definition) is 3. The van der Waals surface area contributed by atoms with Crippen molar-refractivity contribution in [3.05, 3.63) is 71.9 Å². The van der Waals surface area contributed by atoms with Crippen LogP contribution in [0.2, 0.25) is 5.02 Å². The lowest BCUT2D eigenvalue weighted by Gasteiger charge is -2.10. The molecule has 0 aliphatic carbocycles. The molecule has 25 heavy (non-hydrogen) atoms. The van der Waals surface area contributed by atoms with Crippen molar-refractivity contribution >= 4 is 28.8 Å². The zero-order valence-electron chi connectivity index (χ0n) is 13.7. The fourth-order valence-corrected chi connectivity index (χ4v) is 2.70. The van der Waals surface area contributed by atoms with E-state index in [4.69, 9.17) is 16.7 Å². The summed E-state index contributed by atoms with van der Waals surface area (Å²) in [4.78, 5) is 4.38. The van der Waals surface area contributed by atoms with E-state index in [2.05, 4.69) is 27.8 Å². The van der Waals surface area contributed by atoms with Gasteiger partial charge in [0.15, 0.2) is 0 Å². The van der Waals surface area contributed by atoms with Crippen molar-refractivity contribution in [3.8, 4) is 11.1 Å². The number of aromatic nitrogens is 1. The Morgan fingerprint density at radius 2 is 1.72 bits per heavy atom. The van der Waals surface area contributed by atoms with Crippen LogP contribution in [0.15, 0.2) is 66.9 Å². The van der Waals surface area contributed by atoms with Gasteiger partial charge in [0.1, 0.15) is 5.82 Å². The average molecular weight is 354 g/mol. The maximum Gasteiger partial charge on any atom is 0.130 e.